The molecule has 1 aromatic heterocycles. The van der Waals surface area contributed by atoms with Gasteiger partial charge in [0, 0.05) is 31.9 Å². The first-order valence-electron chi connectivity index (χ1n) is 9.53. The smallest absolute Gasteiger partial charge is 0.376 e. The summed E-state index contributed by atoms with van der Waals surface area (Å²) >= 11 is 0. The van der Waals surface area contributed by atoms with Crippen molar-refractivity contribution in [1.82, 2.24) is 20.4 Å². The number of nitrogens with zero attached hydrogens (tertiary/aromatic N) is 3. The summed E-state index contributed by atoms with van der Waals surface area (Å²) in [6, 6.07) is 9.91. The molecule has 0 saturated heterocycles. The summed E-state index contributed by atoms with van der Waals surface area (Å²) in [6.07, 6.45) is -3.15. The third-order valence-corrected chi connectivity index (χ3v) is 4.06. The minimum atomic E-state index is -4.50. The van der Waals surface area contributed by atoms with Gasteiger partial charge in [0.25, 0.3) is 0 Å². The van der Waals surface area contributed by atoms with Crippen LogP contribution in [0.2, 0.25) is 0 Å². The van der Waals surface area contributed by atoms with Crippen LogP contribution in [-0.4, -0.2) is 35.4 Å². The van der Waals surface area contributed by atoms with Crippen molar-refractivity contribution >= 4 is 29.9 Å². The summed E-state index contributed by atoms with van der Waals surface area (Å²) in [5, 5.41) is 9.70. The van der Waals surface area contributed by atoms with Gasteiger partial charge in [-0.1, -0.05) is 37.3 Å². The number of alkyl halides is 3. The van der Waals surface area contributed by atoms with E-state index in [1.165, 1.54) is 13.2 Å². The van der Waals surface area contributed by atoms with E-state index >= 15 is 0 Å². The minimum absolute atomic E-state index is 0. The van der Waals surface area contributed by atoms with Gasteiger partial charge in [-0.2, -0.15) is 18.3 Å². The average Bonchev–Trinajstić information content (AvgIpc) is 3.06. The largest absolute Gasteiger partial charge is 0.435 e. The Kier molecular flexibility index (Phi) is 11.2. The lowest BCUT2D eigenvalue weighted by Crippen LogP contribution is -2.40. The molecule has 0 bridgehead atoms. The molecule has 0 aliphatic rings. The molecule has 0 amide bonds. The molecule has 0 fully saturated rings. The number of aliphatic imine (C=N–C) groups is 1. The molecular weight excluding hydrogens is 510 g/mol. The lowest BCUT2D eigenvalue weighted by Gasteiger charge is -2.16. The van der Waals surface area contributed by atoms with Crippen molar-refractivity contribution in [2.75, 3.05) is 19.7 Å². The highest BCUT2D eigenvalue weighted by Crippen LogP contribution is 2.30. The highest BCUT2D eigenvalue weighted by molar-refractivity contribution is 14.0. The van der Waals surface area contributed by atoms with E-state index in [-0.39, 0.29) is 42.0 Å². The van der Waals surface area contributed by atoms with Crippen LogP contribution in [-0.2, 0) is 31.1 Å². The number of aryl methyl sites for hydroxylation is 1. The molecule has 1 unspecified atom stereocenters. The van der Waals surface area contributed by atoms with E-state index in [9.17, 15) is 13.2 Å². The lowest BCUT2D eigenvalue weighted by molar-refractivity contribution is -0.142. The molecule has 1 atom stereocenters. The van der Waals surface area contributed by atoms with Crippen LogP contribution < -0.4 is 10.6 Å². The molecule has 0 radical (unpaired) electrons. The first kappa shape index (κ1) is 26.2. The zero-order valence-electron chi connectivity index (χ0n) is 17.4. The highest BCUT2D eigenvalue weighted by Gasteiger charge is 2.36. The third-order valence-electron chi connectivity index (χ3n) is 4.06. The fraction of sp³-hybridized carbons (Fsp3) is 0.500. The fourth-order valence-corrected chi connectivity index (χ4v) is 2.68. The van der Waals surface area contributed by atoms with Gasteiger partial charge < -0.3 is 15.4 Å². The standard InChI is InChI=1S/C20H28F3N5O.HI/c1-4-24-19(26-11-17-12-28(3)27-18(17)20(21,22)23)25-10-15(2)13-29-14-16-8-6-5-7-9-16;/h5-9,12,15H,4,10-11,13-14H2,1-3H3,(H2,24,25,26);1H. The summed E-state index contributed by atoms with van der Waals surface area (Å²) in [7, 11) is 1.46. The van der Waals surface area contributed by atoms with Crippen LogP contribution in [0.15, 0.2) is 41.5 Å². The van der Waals surface area contributed by atoms with Crippen LogP contribution in [0.5, 0.6) is 0 Å². The molecule has 2 rings (SSSR count). The summed E-state index contributed by atoms with van der Waals surface area (Å²) in [6.45, 7) is 6.10. The van der Waals surface area contributed by atoms with Crippen LogP contribution in [0, 0.1) is 5.92 Å². The number of aromatic nitrogens is 2. The Morgan fingerprint density at radius 3 is 2.57 bits per heavy atom. The Labute approximate surface area is 192 Å². The van der Waals surface area contributed by atoms with Crippen molar-refractivity contribution in [3.05, 3.63) is 53.3 Å². The minimum Gasteiger partial charge on any atom is -0.376 e. The number of hydrogen-bond acceptors (Lipinski definition) is 3. The Bertz CT molecular complexity index is 780. The first-order valence-corrected chi connectivity index (χ1v) is 9.53. The van der Waals surface area contributed by atoms with Gasteiger partial charge in [0.1, 0.15) is 0 Å². The molecule has 2 aromatic rings. The van der Waals surface area contributed by atoms with Gasteiger partial charge in [-0.25, -0.2) is 4.99 Å². The summed E-state index contributed by atoms with van der Waals surface area (Å²) in [5.41, 5.74) is 0.248. The van der Waals surface area contributed by atoms with E-state index in [2.05, 4.69) is 20.7 Å². The quantitative estimate of drug-likeness (QED) is 0.288. The molecule has 0 spiro atoms. The van der Waals surface area contributed by atoms with Crippen LogP contribution >= 0.6 is 24.0 Å². The van der Waals surface area contributed by atoms with Crippen molar-refractivity contribution in [2.24, 2.45) is 18.0 Å². The zero-order valence-corrected chi connectivity index (χ0v) is 19.7. The molecule has 0 saturated carbocycles. The number of hydrogen-bond donors (Lipinski definition) is 2. The van der Waals surface area contributed by atoms with E-state index in [1.807, 2.05) is 44.2 Å². The monoisotopic (exact) mass is 539 g/mol. The van der Waals surface area contributed by atoms with E-state index in [1.54, 1.807) is 0 Å². The fourth-order valence-electron chi connectivity index (χ4n) is 2.68. The van der Waals surface area contributed by atoms with Crippen molar-refractivity contribution in [1.29, 1.82) is 0 Å². The third kappa shape index (κ3) is 8.90. The van der Waals surface area contributed by atoms with Gasteiger partial charge in [0.05, 0.1) is 19.8 Å². The van der Waals surface area contributed by atoms with Crippen LogP contribution in [0.25, 0.3) is 0 Å². The van der Waals surface area contributed by atoms with Gasteiger partial charge >= 0.3 is 6.18 Å². The second kappa shape index (κ2) is 12.8. The van der Waals surface area contributed by atoms with Crippen LogP contribution in [0.4, 0.5) is 13.2 Å². The predicted octanol–water partition coefficient (Wildman–Crippen LogP) is 3.96. The number of guanidine groups is 1. The van der Waals surface area contributed by atoms with E-state index in [0.29, 0.717) is 32.3 Å². The van der Waals surface area contributed by atoms with Crippen LogP contribution in [0.3, 0.4) is 0 Å². The van der Waals surface area contributed by atoms with Gasteiger partial charge in [-0.3, -0.25) is 4.68 Å². The number of nitrogens with one attached hydrogen (secondary N) is 2. The van der Waals surface area contributed by atoms with Crippen molar-refractivity contribution in [2.45, 2.75) is 33.2 Å². The van der Waals surface area contributed by atoms with Gasteiger partial charge in [0.15, 0.2) is 11.7 Å². The van der Waals surface area contributed by atoms with Crippen molar-refractivity contribution in [3.8, 4) is 0 Å². The Balaban J connectivity index is 0.00000450. The SMILES string of the molecule is CCNC(=NCc1cn(C)nc1C(F)(F)F)NCC(C)COCc1ccccc1.I. The molecule has 168 valence electrons. The maximum atomic E-state index is 13.1. The zero-order chi connectivity index (χ0) is 21.3. The first-order chi connectivity index (χ1) is 13.8. The number of rotatable bonds is 9. The molecule has 6 nitrogen and oxygen atoms in total. The highest BCUT2D eigenvalue weighted by atomic mass is 127. The average molecular weight is 539 g/mol. The van der Waals surface area contributed by atoms with E-state index in [4.69, 9.17) is 4.74 Å². The normalized spacial score (nSPS) is 12.9. The van der Waals surface area contributed by atoms with Gasteiger partial charge in [-0.15, -0.1) is 24.0 Å². The molecule has 1 heterocycles. The summed E-state index contributed by atoms with van der Waals surface area (Å²) in [5.74, 6) is 0.658. The molecule has 0 aliphatic heterocycles. The second-order valence-corrected chi connectivity index (χ2v) is 6.86. The lowest BCUT2D eigenvalue weighted by atomic mass is 10.2. The summed E-state index contributed by atoms with van der Waals surface area (Å²) < 4.78 is 46.1. The summed E-state index contributed by atoms with van der Waals surface area (Å²) in [4.78, 5) is 4.27. The molecule has 2 N–H and O–H groups in total. The van der Waals surface area contributed by atoms with Crippen molar-refractivity contribution in [3.63, 3.8) is 0 Å². The Hall–Kier alpha value is -1.82. The number of benzene rings is 1. The second-order valence-electron chi connectivity index (χ2n) is 6.86. The molecular formula is C20H29F3IN5O. The topological polar surface area (TPSA) is 63.5 Å². The van der Waals surface area contributed by atoms with E-state index < -0.39 is 11.9 Å². The molecule has 10 heteroatoms. The maximum absolute atomic E-state index is 13.1. The van der Waals surface area contributed by atoms with Crippen LogP contribution in [0.1, 0.15) is 30.7 Å². The molecule has 0 aliphatic carbocycles. The number of halogens is 4. The van der Waals surface area contributed by atoms with Gasteiger partial charge in [-0.05, 0) is 18.4 Å². The molecule has 1 aromatic carbocycles. The maximum Gasteiger partial charge on any atom is 0.435 e. The predicted molar refractivity (Wildman–Crippen MR) is 122 cm³/mol. The Morgan fingerprint density at radius 1 is 1.23 bits per heavy atom. The van der Waals surface area contributed by atoms with E-state index in [0.717, 1.165) is 10.2 Å². The van der Waals surface area contributed by atoms with Gasteiger partial charge in [0.2, 0.25) is 0 Å². The van der Waals surface area contributed by atoms with Crippen molar-refractivity contribution < 1.29 is 17.9 Å². The number of ether oxygens (including phenoxy) is 1. The Morgan fingerprint density at radius 2 is 1.93 bits per heavy atom. The molecule has 30 heavy (non-hydrogen) atoms.